The van der Waals surface area contributed by atoms with Gasteiger partial charge in [0.15, 0.2) is 0 Å². The summed E-state index contributed by atoms with van der Waals surface area (Å²) in [5.74, 6) is -1.10. The van der Waals surface area contributed by atoms with Gasteiger partial charge < -0.3 is 15.5 Å². The monoisotopic (exact) mass is 195 g/mol. The van der Waals surface area contributed by atoms with Crippen molar-refractivity contribution >= 4 is 5.97 Å². The van der Waals surface area contributed by atoms with E-state index in [0.717, 1.165) is 6.08 Å². The molecule has 0 aromatic carbocycles. The highest BCUT2D eigenvalue weighted by molar-refractivity contribution is 5.79. The molecule has 13 heavy (non-hydrogen) atoms. The van der Waals surface area contributed by atoms with Crippen molar-refractivity contribution in [2.75, 3.05) is 13.1 Å². The second-order valence-electron chi connectivity index (χ2n) is 2.30. The highest BCUT2D eigenvalue weighted by Crippen LogP contribution is 1.97. The summed E-state index contributed by atoms with van der Waals surface area (Å²) >= 11 is 0. The van der Waals surface area contributed by atoms with Crippen LogP contribution < -0.4 is 5.32 Å². The Morgan fingerprint density at radius 2 is 2.15 bits per heavy atom. The number of carboxylic acid groups (broad SMARTS) is 1. The maximum absolute atomic E-state index is 11.7. The number of rotatable bonds is 6. The average Bonchev–Trinajstić information content (AvgIpc) is 2.02. The van der Waals surface area contributed by atoms with Crippen LogP contribution in [0.2, 0.25) is 0 Å². The molecule has 0 spiro atoms. The van der Waals surface area contributed by atoms with Crippen molar-refractivity contribution < 1.29 is 23.8 Å². The van der Waals surface area contributed by atoms with Crippen LogP contribution in [0.3, 0.4) is 0 Å². The average molecular weight is 195 g/mol. The van der Waals surface area contributed by atoms with E-state index in [1.165, 1.54) is 6.08 Å². The highest BCUT2D eigenvalue weighted by Gasteiger charge is 2.14. The molecule has 0 fully saturated rings. The first-order valence-electron chi connectivity index (χ1n) is 3.60. The van der Waals surface area contributed by atoms with Crippen molar-refractivity contribution in [1.82, 2.24) is 5.32 Å². The fraction of sp³-hybridized carbons (Fsp3) is 0.571. The van der Waals surface area contributed by atoms with Gasteiger partial charge in [-0.2, -0.15) is 0 Å². The lowest BCUT2D eigenvalue weighted by atomic mass is 10.3. The number of hydrogen-bond acceptors (Lipinski definition) is 3. The summed E-state index contributed by atoms with van der Waals surface area (Å²) in [7, 11) is 0. The minimum Gasteiger partial charge on any atom is -0.478 e. The maximum atomic E-state index is 11.7. The third-order valence-electron chi connectivity index (χ3n) is 1.17. The molecular weight excluding hydrogens is 184 g/mol. The normalized spacial score (nSPS) is 13.8. The predicted octanol–water partition coefficient (Wildman–Crippen LogP) is -0.157. The molecule has 0 heterocycles. The topological polar surface area (TPSA) is 69.6 Å². The molecule has 0 radical (unpaired) electrons. The van der Waals surface area contributed by atoms with Crippen molar-refractivity contribution in [3.63, 3.8) is 0 Å². The van der Waals surface area contributed by atoms with Crippen molar-refractivity contribution in [2.24, 2.45) is 0 Å². The van der Waals surface area contributed by atoms with E-state index in [1.807, 2.05) is 0 Å². The smallest absolute Gasteiger partial charge is 0.328 e. The Hall–Kier alpha value is -1.01. The molecule has 6 heteroatoms. The third kappa shape index (κ3) is 7.35. The quantitative estimate of drug-likeness (QED) is 0.407. The van der Waals surface area contributed by atoms with Crippen molar-refractivity contribution in [3.8, 4) is 0 Å². The van der Waals surface area contributed by atoms with E-state index in [1.54, 1.807) is 0 Å². The first kappa shape index (κ1) is 12.0. The lowest BCUT2D eigenvalue weighted by Crippen LogP contribution is -2.32. The molecule has 76 valence electrons. The molecule has 0 aliphatic rings. The van der Waals surface area contributed by atoms with E-state index in [4.69, 9.17) is 10.2 Å². The van der Waals surface area contributed by atoms with Crippen LogP contribution in [0.15, 0.2) is 12.2 Å². The largest absolute Gasteiger partial charge is 0.478 e. The van der Waals surface area contributed by atoms with Gasteiger partial charge in [-0.3, -0.25) is 0 Å². The molecule has 0 aliphatic heterocycles. The number of hydrogen-bond donors (Lipinski definition) is 3. The zero-order chi connectivity index (χ0) is 10.3. The number of aliphatic hydroxyl groups excluding tert-OH is 1. The SMILES string of the molecule is O=C(O)/C=C/CNCC(O)C(F)F. The van der Waals surface area contributed by atoms with Gasteiger partial charge in [0.2, 0.25) is 0 Å². The summed E-state index contributed by atoms with van der Waals surface area (Å²) in [6, 6.07) is 0. The molecular formula is C7H11F2NO3. The Labute approximate surface area is 73.9 Å². The maximum Gasteiger partial charge on any atom is 0.328 e. The number of alkyl halides is 2. The van der Waals surface area contributed by atoms with Gasteiger partial charge in [-0.25, -0.2) is 13.6 Å². The van der Waals surface area contributed by atoms with E-state index >= 15 is 0 Å². The number of aliphatic hydroxyl groups is 1. The van der Waals surface area contributed by atoms with Crippen LogP contribution in [-0.4, -0.2) is 41.8 Å². The Bertz CT molecular complexity index is 185. The summed E-state index contributed by atoms with van der Waals surface area (Å²) in [4.78, 5) is 9.92. The Morgan fingerprint density at radius 1 is 1.54 bits per heavy atom. The van der Waals surface area contributed by atoms with Crippen LogP contribution in [0, 0.1) is 0 Å². The van der Waals surface area contributed by atoms with Gasteiger partial charge in [0, 0.05) is 19.2 Å². The lowest BCUT2D eigenvalue weighted by Gasteiger charge is -2.08. The molecule has 0 aromatic heterocycles. The minimum atomic E-state index is -2.78. The fourth-order valence-electron chi connectivity index (χ4n) is 0.563. The molecule has 1 atom stereocenters. The summed E-state index contributed by atoms with van der Waals surface area (Å²) < 4.78 is 23.3. The van der Waals surface area contributed by atoms with Crippen LogP contribution in [-0.2, 0) is 4.79 Å². The molecule has 0 saturated carbocycles. The van der Waals surface area contributed by atoms with Gasteiger partial charge in [0.1, 0.15) is 6.10 Å². The van der Waals surface area contributed by atoms with Crippen LogP contribution in [0.4, 0.5) is 8.78 Å². The molecule has 0 saturated heterocycles. The highest BCUT2D eigenvalue weighted by atomic mass is 19.3. The first-order valence-corrected chi connectivity index (χ1v) is 3.60. The number of carboxylic acids is 1. The van der Waals surface area contributed by atoms with Gasteiger partial charge in [-0.15, -0.1) is 0 Å². The molecule has 0 aromatic rings. The molecule has 4 nitrogen and oxygen atoms in total. The molecule has 3 N–H and O–H groups in total. The number of halogens is 2. The molecule has 0 amide bonds. The van der Waals surface area contributed by atoms with Crippen LogP contribution >= 0.6 is 0 Å². The summed E-state index contributed by atoms with van der Waals surface area (Å²) in [6.07, 6.45) is -2.34. The molecule has 0 bridgehead atoms. The van der Waals surface area contributed by atoms with E-state index in [-0.39, 0.29) is 13.1 Å². The Morgan fingerprint density at radius 3 is 2.62 bits per heavy atom. The number of nitrogens with one attached hydrogen (secondary N) is 1. The zero-order valence-electron chi connectivity index (χ0n) is 6.78. The van der Waals surface area contributed by atoms with Crippen molar-refractivity contribution in [2.45, 2.75) is 12.5 Å². The zero-order valence-corrected chi connectivity index (χ0v) is 6.78. The summed E-state index contributed by atoms with van der Waals surface area (Å²) in [6.45, 7) is -0.127. The van der Waals surface area contributed by atoms with E-state index < -0.39 is 18.5 Å². The molecule has 0 rings (SSSR count). The van der Waals surface area contributed by atoms with Gasteiger partial charge in [-0.1, -0.05) is 6.08 Å². The lowest BCUT2D eigenvalue weighted by molar-refractivity contribution is -0.131. The first-order chi connectivity index (χ1) is 6.04. The number of carbonyl (C=O) groups is 1. The van der Waals surface area contributed by atoms with Crippen molar-refractivity contribution in [3.05, 3.63) is 12.2 Å². The van der Waals surface area contributed by atoms with Crippen LogP contribution in [0.25, 0.3) is 0 Å². The van der Waals surface area contributed by atoms with Crippen LogP contribution in [0.1, 0.15) is 0 Å². The van der Waals surface area contributed by atoms with E-state index in [0.29, 0.717) is 0 Å². The Balaban J connectivity index is 3.40. The van der Waals surface area contributed by atoms with Gasteiger partial charge in [-0.05, 0) is 0 Å². The molecule has 1 unspecified atom stereocenters. The van der Waals surface area contributed by atoms with E-state index in [9.17, 15) is 13.6 Å². The fourth-order valence-corrected chi connectivity index (χ4v) is 0.563. The third-order valence-corrected chi connectivity index (χ3v) is 1.17. The van der Waals surface area contributed by atoms with Gasteiger partial charge >= 0.3 is 5.97 Å². The predicted molar refractivity (Wildman–Crippen MR) is 41.7 cm³/mol. The molecule has 0 aliphatic carbocycles. The number of aliphatic carboxylic acids is 1. The van der Waals surface area contributed by atoms with Gasteiger partial charge in [0.25, 0.3) is 6.43 Å². The minimum absolute atomic E-state index is 0.135. The van der Waals surface area contributed by atoms with E-state index in [2.05, 4.69) is 5.32 Å². The Kier molecular flexibility index (Phi) is 5.99. The second kappa shape index (κ2) is 6.50. The second-order valence-corrected chi connectivity index (χ2v) is 2.30. The van der Waals surface area contributed by atoms with Crippen molar-refractivity contribution in [1.29, 1.82) is 0 Å². The standard InChI is InChI=1S/C7H11F2NO3/c8-7(9)5(11)4-10-3-1-2-6(12)13/h1-2,5,7,10-11H,3-4H2,(H,12,13)/b2-1+. The summed E-state index contributed by atoms with van der Waals surface area (Å²) in [5.41, 5.74) is 0. The van der Waals surface area contributed by atoms with Crippen LogP contribution in [0.5, 0.6) is 0 Å². The van der Waals surface area contributed by atoms with Gasteiger partial charge in [0.05, 0.1) is 0 Å². The summed E-state index contributed by atoms with van der Waals surface area (Å²) in [5, 5.41) is 19.2.